The van der Waals surface area contributed by atoms with Gasteiger partial charge in [0.05, 0.1) is 6.61 Å². The second kappa shape index (κ2) is 5.01. The van der Waals surface area contributed by atoms with Gasteiger partial charge < -0.3 is 10.4 Å². The van der Waals surface area contributed by atoms with Crippen molar-refractivity contribution >= 4 is 11.8 Å². The number of thioether (sulfide) groups is 1. The van der Waals surface area contributed by atoms with Crippen LogP contribution in [-0.4, -0.2) is 35.3 Å². The van der Waals surface area contributed by atoms with Crippen molar-refractivity contribution in [3.63, 3.8) is 0 Å². The van der Waals surface area contributed by atoms with Crippen molar-refractivity contribution in [2.45, 2.75) is 31.8 Å². The van der Waals surface area contributed by atoms with Gasteiger partial charge in [0.1, 0.15) is 0 Å². The summed E-state index contributed by atoms with van der Waals surface area (Å²) in [5.41, 5.74) is 0. The maximum Gasteiger partial charge on any atom is 0.0582 e. The molecule has 1 aliphatic rings. The summed E-state index contributed by atoms with van der Waals surface area (Å²) in [5, 5.41) is 12.2. The Bertz CT molecular complexity index is 104. The molecule has 2 nitrogen and oxygen atoms in total. The zero-order valence-corrected chi connectivity index (χ0v) is 7.86. The smallest absolute Gasteiger partial charge is 0.0582 e. The Balaban J connectivity index is 2.13. The van der Waals surface area contributed by atoms with Gasteiger partial charge in [0, 0.05) is 17.8 Å². The lowest BCUT2D eigenvalue weighted by Gasteiger charge is -2.25. The van der Waals surface area contributed by atoms with Gasteiger partial charge in [-0.3, -0.25) is 0 Å². The van der Waals surface area contributed by atoms with E-state index in [-0.39, 0.29) is 12.6 Å². The van der Waals surface area contributed by atoms with Crippen molar-refractivity contribution in [2.24, 2.45) is 0 Å². The zero-order valence-electron chi connectivity index (χ0n) is 7.05. The van der Waals surface area contributed by atoms with Crippen LogP contribution in [0.4, 0.5) is 0 Å². The lowest BCUT2D eigenvalue weighted by Crippen LogP contribution is -2.41. The molecular formula is C8H17NOS. The van der Waals surface area contributed by atoms with E-state index in [1.807, 2.05) is 18.7 Å². The Morgan fingerprint density at radius 1 is 1.73 bits per heavy atom. The molecule has 3 heteroatoms. The van der Waals surface area contributed by atoms with Gasteiger partial charge in [-0.1, -0.05) is 0 Å². The summed E-state index contributed by atoms with van der Waals surface area (Å²) >= 11 is 2.01. The van der Waals surface area contributed by atoms with E-state index in [1.54, 1.807) is 0 Å². The minimum atomic E-state index is 0.251. The summed E-state index contributed by atoms with van der Waals surface area (Å²) in [4.78, 5) is 0. The lowest BCUT2D eigenvalue weighted by molar-refractivity contribution is 0.241. The maximum atomic E-state index is 8.80. The van der Waals surface area contributed by atoms with Gasteiger partial charge in [-0.2, -0.15) is 11.8 Å². The molecule has 1 fully saturated rings. The molecule has 0 aliphatic carbocycles. The highest BCUT2D eigenvalue weighted by atomic mass is 32.2. The second-order valence-corrected chi connectivity index (χ2v) is 4.31. The van der Waals surface area contributed by atoms with E-state index in [1.165, 1.54) is 24.3 Å². The maximum absolute atomic E-state index is 8.80. The van der Waals surface area contributed by atoms with Crippen molar-refractivity contribution in [3.05, 3.63) is 0 Å². The van der Waals surface area contributed by atoms with Crippen LogP contribution in [0.1, 0.15) is 19.8 Å². The minimum absolute atomic E-state index is 0.251. The van der Waals surface area contributed by atoms with Gasteiger partial charge >= 0.3 is 0 Å². The fraction of sp³-hybridized carbons (Fsp3) is 1.00. The zero-order chi connectivity index (χ0) is 8.10. The Hall–Kier alpha value is 0.270. The minimum Gasteiger partial charge on any atom is -0.395 e. The molecule has 0 bridgehead atoms. The summed E-state index contributed by atoms with van der Waals surface area (Å²) < 4.78 is 0. The van der Waals surface area contributed by atoms with Crippen LogP contribution in [-0.2, 0) is 0 Å². The van der Waals surface area contributed by atoms with Crippen LogP contribution in [0, 0.1) is 0 Å². The molecule has 11 heavy (non-hydrogen) atoms. The summed E-state index contributed by atoms with van der Waals surface area (Å²) in [5.74, 6) is 2.52. The highest BCUT2D eigenvalue weighted by Crippen LogP contribution is 2.16. The predicted octanol–water partition coefficient (Wildman–Crippen LogP) is 0.852. The van der Waals surface area contributed by atoms with Gasteiger partial charge in [0.2, 0.25) is 0 Å². The highest BCUT2D eigenvalue weighted by molar-refractivity contribution is 7.99. The topological polar surface area (TPSA) is 32.3 Å². The Morgan fingerprint density at radius 3 is 3.09 bits per heavy atom. The predicted molar refractivity (Wildman–Crippen MR) is 50.0 cm³/mol. The fourth-order valence-corrected chi connectivity index (χ4v) is 2.41. The second-order valence-electron chi connectivity index (χ2n) is 3.16. The molecule has 1 aliphatic heterocycles. The van der Waals surface area contributed by atoms with Crippen molar-refractivity contribution in [3.8, 4) is 0 Å². The molecule has 0 spiro atoms. The van der Waals surface area contributed by atoms with E-state index >= 15 is 0 Å². The average Bonchev–Trinajstić information content (AvgIpc) is 2.06. The van der Waals surface area contributed by atoms with Crippen LogP contribution in [0.2, 0.25) is 0 Å². The molecule has 2 atom stereocenters. The van der Waals surface area contributed by atoms with Crippen molar-refractivity contribution < 1.29 is 5.11 Å². The van der Waals surface area contributed by atoms with Crippen LogP contribution in [0.3, 0.4) is 0 Å². The number of rotatable bonds is 3. The van der Waals surface area contributed by atoms with E-state index in [9.17, 15) is 0 Å². The van der Waals surface area contributed by atoms with E-state index in [2.05, 4.69) is 5.32 Å². The van der Waals surface area contributed by atoms with Crippen LogP contribution in [0.5, 0.6) is 0 Å². The number of nitrogens with one attached hydrogen (secondary N) is 1. The van der Waals surface area contributed by atoms with Gasteiger partial charge in [-0.05, 0) is 25.5 Å². The first kappa shape index (κ1) is 9.36. The molecule has 0 aromatic heterocycles. The molecule has 1 saturated heterocycles. The van der Waals surface area contributed by atoms with Crippen LogP contribution in [0.15, 0.2) is 0 Å². The number of hydrogen-bond acceptors (Lipinski definition) is 3. The normalized spacial score (nSPS) is 28.4. The van der Waals surface area contributed by atoms with E-state index in [0.29, 0.717) is 6.04 Å². The monoisotopic (exact) mass is 175 g/mol. The van der Waals surface area contributed by atoms with Crippen molar-refractivity contribution in [1.29, 1.82) is 0 Å². The number of hydrogen-bond donors (Lipinski definition) is 2. The van der Waals surface area contributed by atoms with Gasteiger partial charge in [-0.25, -0.2) is 0 Å². The van der Waals surface area contributed by atoms with Crippen LogP contribution in [0.25, 0.3) is 0 Å². The lowest BCUT2D eigenvalue weighted by atomic mass is 10.1. The summed E-state index contributed by atoms with van der Waals surface area (Å²) in [6.07, 6.45) is 2.60. The summed E-state index contributed by atoms with van der Waals surface area (Å²) in [7, 11) is 0. The molecule has 0 aromatic rings. The molecule has 1 heterocycles. The van der Waals surface area contributed by atoms with Gasteiger partial charge in [0.25, 0.3) is 0 Å². The third-order valence-electron chi connectivity index (χ3n) is 1.95. The Kier molecular flexibility index (Phi) is 4.26. The first-order valence-electron chi connectivity index (χ1n) is 4.27. The standard InChI is InChI=1S/C8H17NOS/c1-7(5-10)9-8-3-2-4-11-6-8/h7-10H,2-6H2,1H3. The highest BCUT2D eigenvalue weighted by Gasteiger charge is 2.14. The van der Waals surface area contributed by atoms with E-state index in [0.717, 1.165) is 0 Å². The summed E-state index contributed by atoms with van der Waals surface area (Å²) in [6.45, 7) is 2.28. The van der Waals surface area contributed by atoms with Crippen molar-refractivity contribution in [1.82, 2.24) is 5.32 Å². The van der Waals surface area contributed by atoms with Crippen molar-refractivity contribution in [2.75, 3.05) is 18.1 Å². The molecule has 2 unspecified atom stereocenters. The molecular weight excluding hydrogens is 158 g/mol. The Morgan fingerprint density at radius 2 is 2.55 bits per heavy atom. The molecule has 1 rings (SSSR count). The largest absolute Gasteiger partial charge is 0.395 e. The molecule has 0 saturated carbocycles. The first-order chi connectivity index (χ1) is 5.33. The molecule has 0 amide bonds. The quantitative estimate of drug-likeness (QED) is 0.667. The molecule has 0 aromatic carbocycles. The van der Waals surface area contributed by atoms with Gasteiger partial charge in [-0.15, -0.1) is 0 Å². The summed E-state index contributed by atoms with van der Waals surface area (Å²) in [6, 6.07) is 0.898. The van der Waals surface area contributed by atoms with Crippen LogP contribution < -0.4 is 5.32 Å². The number of aliphatic hydroxyl groups is 1. The molecule has 0 radical (unpaired) electrons. The Labute approximate surface area is 72.8 Å². The number of aliphatic hydroxyl groups excluding tert-OH is 1. The van der Waals surface area contributed by atoms with E-state index < -0.39 is 0 Å². The molecule has 66 valence electrons. The van der Waals surface area contributed by atoms with Crippen LogP contribution >= 0.6 is 11.8 Å². The van der Waals surface area contributed by atoms with Gasteiger partial charge in [0.15, 0.2) is 0 Å². The third kappa shape index (κ3) is 3.45. The SMILES string of the molecule is CC(CO)NC1CCCSC1. The van der Waals surface area contributed by atoms with E-state index in [4.69, 9.17) is 5.11 Å². The first-order valence-corrected chi connectivity index (χ1v) is 5.43. The third-order valence-corrected chi connectivity index (χ3v) is 3.17. The average molecular weight is 175 g/mol. The molecule has 2 N–H and O–H groups in total. The fourth-order valence-electron chi connectivity index (χ4n) is 1.33.